The average molecular weight is 558 g/mol. The van der Waals surface area contributed by atoms with Gasteiger partial charge in [0.2, 0.25) is 0 Å². The molecule has 39 heavy (non-hydrogen) atoms. The highest BCUT2D eigenvalue weighted by Crippen LogP contribution is 2.34. The molecule has 0 aliphatic carbocycles. The first-order valence-corrected chi connectivity index (χ1v) is 14.3. The van der Waals surface area contributed by atoms with Crippen LogP contribution in [0.1, 0.15) is 43.7 Å². The number of piperazine rings is 1. The molecule has 2 heterocycles. The Morgan fingerprint density at radius 2 is 1.64 bits per heavy atom. The van der Waals surface area contributed by atoms with Gasteiger partial charge in [0.15, 0.2) is 0 Å². The second-order valence-electron chi connectivity index (χ2n) is 10.3. The van der Waals surface area contributed by atoms with Gasteiger partial charge in [-0.2, -0.15) is 0 Å². The van der Waals surface area contributed by atoms with Gasteiger partial charge in [0.1, 0.15) is 17.0 Å². The molecular weight excluding hydrogens is 522 g/mol. The summed E-state index contributed by atoms with van der Waals surface area (Å²) in [7, 11) is -2.56. The van der Waals surface area contributed by atoms with Crippen molar-refractivity contribution in [3.05, 3.63) is 59.8 Å². The summed E-state index contributed by atoms with van der Waals surface area (Å²) >= 11 is 0. The van der Waals surface area contributed by atoms with Crippen LogP contribution < -0.4 is 4.74 Å². The van der Waals surface area contributed by atoms with Crippen LogP contribution in [-0.4, -0.2) is 79.7 Å². The van der Waals surface area contributed by atoms with Crippen molar-refractivity contribution in [1.29, 1.82) is 0 Å². The van der Waals surface area contributed by atoms with Crippen LogP contribution in [0, 0.1) is 0 Å². The Kier molecular flexibility index (Phi) is 8.22. The molecular formula is C28H35N3O7S. The first kappa shape index (κ1) is 28.4. The van der Waals surface area contributed by atoms with E-state index in [1.807, 2.05) is 20.8 Å². The maximum atomic E-state index is 13.8. The average Bonchev–Trinajstić information content (AvgIpc) is 3.30. The predicted molar refractivity (Wildman–Crippen MR) is 147 cm³/mol. The third-order valence-electron chi connectivity index (χ3n) is 6.40. The minimum atomic E-state index is -4.11. The zero-order chi connectivity index (χ0) is 28.4. The largest absolute Gasteiger partial charge is 0.496 e. The molecule has 210 valence electrons. The fourth-order valence-electron chi connectivity index (χ4n) is 4.59. The number of aromatic nitrogens is 1. The Hall–Kier alpha value is -3.57. The second-order valence-corrected chi connectivity index (χ2v) is 12.0. The predicted octanol–water partition coefficient (Wildman–Crippen LogP) is 4.12. The van der Waals surface area contributed by atoms with E-state index in [2.05, 4.69) is 4.90 Å². The normalized spacial score (nSPS) is 14.8. The first-order valence-electron chi connectivity index (χ1n) is 12.9. The summed E-state index contributed by atoms with van der Waals surface area (Å²) in [4.78, 5) is 29.4. The quantitative estimate of drug-likeness (QED) is 0.400. The van der Waals surface area contributed by atoms with Gasteiger partial charge in [0.25, 0.3) is 10.0 Å². The number of methoxy groups -OCH3 is 1. The molecule has 1 fully saturated rings. The number of carbonyl (C=O) groups is 2. The van der Waals surface area contributed by atoms with Gasteiger partial charge in [-0.05, 0) is 58.0 Å². The molecule has 11 heteroatoms. The summed E-state index contributed by atoms with van der Waals surface area (Å²) in [5, 5.41) is 0.575. The molecule has 1 aliphatic rings. The summed E-state index contributed by atoms with van der Waals surface area (Å²) in [6.45, 7) is 9.87. The van der Waals surface area contributed by atoms with E-state index < -0.39 is 21.6 Å². The highest BCUT2D eigenvalue weighted by Gasteiger charge is 2.30. The molecule has 0 unspecified atom stereocenters. The Morgan fingerprint density at radius 3 is 2.23 bits per heavy atom. The van der Waals surface area contributed by atoms with Crippen molar-refractivity contribution in [2.75, 3.05) is 39.9 Å². The molecule has 0 spiro atoms. The van der Waals surface area contributed by atoms with Crippen molar-refractivity contribution in [2.45, 2.75) is 44.7 Å². The lowest BCUT2D eigenvalue weighted by molar-refractivity contribution is 0.0138. The molecule has 0 bridgehead atoms. The zero-order valence-electron chi connectivity index (χ0n) is 23.0. The number of esters is 1. The minimum Gasteiger partial charge on any atom is -0.496 e. The van der Waals surface area contributed by atoms with Crippen LogP contribution in [0.4, 0.5) is 4.79 Å². The SMILES string of the molecule is CCOC(=O)c1cc2c(CN3CCN(C(=O)OC(C)(C)C)CC3)c(OC)ccc2n1S(=O)(=O)c1ccccc1. The van der Waals surface area contributed by atoms with E-state index in [9.17, 15) is 18.0 Å². The van der Waals surface area contributed by atoms with Crippen molar-refractivity contribution in [3.63, 3.8) is 0 Å². The van der Waals surface area contributed by atoms with Gasteiger partial charge in [-0.25, -0.2) is 22.0 Å². The van der Waals surface area contributed by atoms with Crippen LogP contribution in [0.3, 0.4) is 0 Å². The minimum absolute atomic E-state index is 0.0590. The van der Waals surface area contributed by atoms with E-state index in [1.165, 1.54) is 12.1 Å². The highest BCUT2D eigenvalue weighted by molar-refractivity contribution is 7.90. The molecule has 3 aromatic rings. The lowest BCUT2D eigenvalue weighted by Crippen LogP contribution is -2.49. The number of ether oxygens (including phenoxy) is 3. The maximum absolute atomic E-state index is 13.8. The number of nitrogens with zero attached hydrogens (tertiary/aromatic N) is 3. The Morgan fingerprint density at radius 1 is 0.974 bits per heavy atom. The fourth-order valence-corrected chi connectivity index (χ4v) is 6.11. The summed E-state index contributed by atoms with van der Waals surface area (Å²) in [5.41, 5.74) is 0.444. The van der Waals surface area contributed by atoms with E-state index >= 15 is 0 Å². The van der Waals surface area contributed by atoms with Gasteiger partial charge in [-0.1, -0.05) is 18.2 Å². The van der Waals surface area contributed by atoms with Crippen molar-refractivity contribution in [3.8, 4) is 5.75 Å². The maximum Gasteiger partial charge on any atom is 0.410 e. The molecule has 0 radical (unpaired) electrons. The highest BCUT2D eigenvalue weighted by atomic mass is 32.2. The topological polar surface area (TPSA) is 107 Å². The lowest BCUT2D eigenvalue weighted by Gasteiger charge is -2.35. The molecule has 1 aromatic heterocycles. The van der Waals surface area contributed by atoms with E-state index in [4.69, 9.17) is 14.2 Å². The van der Waals surface area contributed by atoms with Gasteiger partial charge in [0.05, 0.1) is 24.1 Å². The molecule has 10 nitrogen and oxygen atoms in total. The van der Waals surface area contributed by atoms with E-state index in [0.717, 1.165) is 9.54 Å². The molecule has 1 amide bonds. The van der Waals surface area contributed by atoms with Crippen LogP contribution >= 0.6 is 0 Å². The van der Waals surface area contributed by atoms with Gasteiger partial charge in [-0.15, -0.1) is 0 Å². The zero-order valence-corrected chi connectivity index (χ0v) is 23.8. The number of benzene rings is 2. The van der Waals surface area contributed by atoms with E-state index in [1.54, 1.807) is 55.3 Å². The Balaban J connectivity index is 1.72. The number of fused-ring (bicyclic) bond motifs is 1. The van der Waals surface area contributed by atoms with Crippen molar-refractivity contribution >= 4 is 33.0 Å². The van der Waals surface area contributed by atoms with Crippen molar-refractivity contribution in [1.82, 2.24) is 13.8 Å². The second kappa shape index (κ2) is 11.3. The lowest BCUT2D eigenvalue weighted by atomic mass is 10.1. The van der Waals surface area contributed by atoms with Crippen LogP contribution in [0.5, 0.6) is 5.75 Å². The van der Waals surface area contributed by atoms with Crippen molar-refractivity contribution < 1.29 is 32.2 Å². The number of hydrogen-bond acceptors (Lipinski definition) is 8. The summed E-state index contributed by atoms with van der Waals surface area (Å²) in [5.74, 6) is -0.161. The van der Waals surface area contributed by atoms with E-state index in [0.29, 0.717) is 49.4 Å². The summed E-state index contributed by atoms with van der Waals surface area (Å²) in [6.07, 6.45) is -0.343. The fraction of sp³-hybridized carbons (Fsp3) is 0.429. The number of hydrogen-bond donors (Lipinski definition) is 0. The van der Waals surface area contributed by atoms with Gasteiger partial charge < -0.3 is 19.1 Å². The monoisotopic (exact) mass is 557 g/mol. The first-order chi connectivity index (χ1) is 18.5. The Labute approximate surface area is 229 Å². The molecule has 1 aliphatic heterocycles. The number of rotatable bonds is 7. The molecule has 1 saturated heterocycles. The molecule has 0 atom stereocenters. The van der Waals surface area contributed by atoms with Gasteiger partial charge in [-0.3, -0.25) is 4.90 Å². The standard InChI is InChI=1S/C28H35N3O7S/c1-6-37-26(32)24-18-21-22(19-29-14-16-30(17-15-29)27(33)38-28(2,3)4)25(36-5)13-12-23(21)31(24)39(34,35)20-10-8-7-9-11-20/h7-13,18H,6,14-17,19H2,1-5H3. The molecule has 0 N–H and O–H groups in total. The molecule has 2 aromatic carbocycles. The third kappa shape index (κ3) is 6.04. The summed E-state index contributed by atoms with van der Waals surface area (Å²) in [6, 6.07) is 12.9. The number of amides is 1. The molecule has 0 saturated carbocycles. The van der Waals surface area contributed by atoms with Crippen LogP contribution in [-0.2, 0) is 26.0 Å². The summed E-state index contributed by atoms with van der Waals surface area (Å²) < 4.78 is 44.9. The van der Waals surface area contributed by atoms with Crippen LogP contribution in [0.2, 0.25) is 0 Å². The third-order valence-corrected chi connectivity index (χ3v) is 8.14. The number of carbonyl (C=O) groups excluding carboxylic acids is 2. The molecule has 4 rings (SSSR count). The van der Waals surface area contributed by atoms with Gasteiger partial charge in [0, 0.05) is 43.7 Å². The Bertz CT molecular complexity index is 1450. The van der Waals surface area contributed by atoms with Crippen molar-refractivity contribution in [2.24, 2.45) is 0 Å². The van der Waals surface area contributed by atoms with E-state index in [-0.39, 0.29) is 23.3 Å². The van der Waals surface area contributed by atoms with Crippen LogP contribution in [0.25, 0.3) is 10.9 Å². The smallest absolute Gasteiger partial charge is 0.410 e. The van der Waals surface area contributed by atoms with Gasteiger partial charge >= 0.3 is 12.1 Å². The van der Waals surface area contributed by atoms with Crippen LogP contribution in [0.15, 0.2) is 53.4 Å².